The number of aromatic nitrogens is 1. The van der Waals surface area contributed by atoms with Crippen LogP contribution in [-0.4, -0.2) is 36.7 Å². The topological polar surface area (TPSA) is 66.6 Å². The molecule has 0 saturated carbocycles. The highest BCUT2D eigenvalue weighted by Crippen LogP contribution is 2.40. The molecule has 3 aromatic carbocycles. The normalized spacial score (nSPS) is 15.2. The van der Waals surface area contributed by atoms with Gasteiger partial charge < -0.3 is 24.7 Å². The molecule has 174 valence electrons. The molecule has 0 aliphatic carbocycles. The summed E-state index contributed by atoms with van der Waals surface area (Å²) in [5, 5.41) is 4.87. The van der Waals surface area contributed by atoms with Crippen molar-refractivity contribution in [2.45, 2.75) is 19.4 Å². The predicted molar refractivity (Wildman–Crippen MR) is 135 cm³/mol. The van der Waals surface area contributed by atoms with E-state index in [1.165, 1.54) is 5.56 Å². The number of hydrogen-bond donors (Lipinski definition) is 2. The molecule has 0 saturated heterocycles. The van der Waals surface area contributed by atoms with Crippen LogP contribution in [0.5, 0.6) is 11.5 Å². The van der Waals surface area contributed by atoms with Crippen molar-refractivity contribution in [2.24, 2.45) is 0 Å². The van der Waals surface area contributed by atoms with Gasteiger partial charge >= 0.3 is 6.03 Å². The van der Waals surface area contributed by atoms with Gasteiger partial charge in [0.2, 0.25) is 0 Å². The first-order valence-electron chi connectivity index (χ1n) is 11.1. The van der Waals surface area contributed by atoms with Crippen molar-refractivity contribution in [3.8, 4) is 11.5 Å². The van der Waals surface area contributed by atoms with E-state index in [1.54, 1.807) is 14.2 Å². The highest BCUT2D eigenvalue weighted by molar-refractivity contribution is 6.31. The number of aromatic amines is 1. The van der Waals surface area contributed by atoms with Crippen LogP contribution < -0.4 is 14.8 Å². The maximum Gasteiger partial charge on any atom is 0.322 e. The van der Waals surface area contributed by atoms with Crippen molar-refractivity contribution >= 4 is 34.2 Å². The van der Waals surface area contributed by atoms with E-state index in [4.69, 9.17) is 21.1 Å². The summed E-state index contributed by atoms with van der Waals surface area (Å²) in [4.78, 5) is 19.1. The lowest BCUT2D eigenvalue weighted by Crippen LogP contribution is -2.43. The van der Waals surface area contributed by atoms with E-state index in [1.807, 2.05) is 72.5 Å². The summed E-state index contributed by atoms with van der Waals surface area (Å²) in [7, 11) is 3.24. The number of carbonyl (C=O) groups excluding carboxylic acids is 1. The number of rotatable bonds is 4. The first kappa shape index (κ1) is 22.2. The number of nitrogens with zero attached hydrogens (tertiary/aromatic N) is 1. The van der Waals surface area contributed by atoms with Gasteiger partial charge in [-0.25, -0.2) is 4.79 Å². The number of methoxy groups -OCH3 is 2. The number of H-pyrrole nitrogens is 1. The molecule has 0 radical (unpaired) electrons. The Balaban J connectivity index is 1.58. The molecule has 1 atom stereocenters. The van der Waals surface area contributed by atoms with Gasteiger partial charge in [-0.2, -0.15) is 0 Å². The fourth-order valence-corrected chi connectivity index (χ4v) is 4.89. The van der Waals surface area contributed by atoms with Gasteiger partial charge in [-0.05, 0) is 72.5 Å². The summed E-state index contributed by atoms with van der Waals surface area (Å²) < 4.78 is 10.8. The van der Waals surface area contributed by atoms with E-state index in [0.717, 1.165) is 39.9 Å². The van der Waals surface area contributed by atoms with E-state index < -0.39 is 0 Å². The van der Waals surface area contributed by atoms with Crippen LogP contribution in [0.1, 0.15) is 28.4 Å². The van der Waals surface area contributed by atoms with Crippen molar-refractivity contribution in [2.75, 3.05) is 26.1 Å². The molecule has 2 amide bonds. The summed E-state index contributed by atoms with van der Waals surface area (Å²) in [6, 6.07) is 19.0. The Bertz CT molecular complexity index is 1360. The number of carbonyl (C=O) groups is 1. The molecule has 0 spiro atoms. The Labute approximate surface area is 203 Å². The molecule has 34 heavy (non-hydrogen) atoms. The molecule has 1 aliphatic rings. The third-order valence-electron chi connectivity index (χ3n) is 6.38. The minimum absolute atomic E-state index is 0.188. The summed E-state index contributed by atoms with van der Waals surface area (Å²) in [6.45, 7) is 2.54. The summed E-state index contributed by atoms with van der Waals surface area (Å²) >= 11 is 6.30. The molecule has 0 bridgehead atoms. The number of amides is 2. The quantitative estimate of drug-likeness (QED) is 0.362. The highest BCUT2D eigenvalue weighted by Gasteiger charge is 2.35. The minimum atomic E-state index is -0.295. The monoisotopic (exact) mass is 475 g/mol. The second-order valence-corrected chi connectivity index (χ2v) is 8.90. The number of nitrogens with one attached hydrogen (secondary N) is 2. The molecule has 5 rings (SSSR count). The summed E-state index contributed by atoms with van der Waals surface area (Å²) in [6.07, 6.45) is 0.723. The first-order chi connectivity index (χ1) is 16.5. The van der Waals surface area contributed by atoms with Crippen LogP contribution in [0.15, 0.2) is 60.7 Å². The van der Waals surface area contributed by atoms with E-state index in [9.17, 15) is 4.79 Å². The van der Waals surface area contributed by atoms with Crippen molar-refractivity contribution in [3.63, 3.8) is 0 Å². The average molecular weight is 476 g/mol. The number of fused-ring (bicyclic) bond motifs is 3. The van der Waals surface area contributed by atoms with Gasteiger partial charge in [0.1, 0.15) is 11.5 Å². The van der Waals surface area contributed by atoms with Gasteiger partial charge in [-0.1, -0.05) is 29.8 Å². The summed E-state index contributed by atoms with van der Waals surface area (Å²) in [5.74, 6) is 1.39. The maximum absolute atomic E-state index is 13.6. The van der Waals surface area contributed by atoms with Crippen molar-refractivity contribution in [3.05, 3.63) is 88.1 Å². The Morgan fingerprint density at radius 3 is 2.59 bits per heavy atom. The van der Waals surface area contributed by atoms with Gasteiger partial charge in [0, 0.05) is 28.2 Å². The van der Waals surface area contributed by atoms with Gasteiger partial charge in [0.05, 0.1) is 25.9 Å². The molecule has 2 heterocycles. The number of aryl methyl sites for hydroxylation is 1. The van der Waals surface area contributed by atoms with Gasteiger partial charge in [-0.3, -0.25) is 0 Å². The molecular weight excluding hydrogens is 450 g/mol. The SMILES string of the molecule is COc1ccc([C@H]2c3[nH]c4ccc(Cl)cc4c3CCN2C(=O)Nc2cc(C)ccc2OC)cc1. The summed E-state index contributed by atoms with van der Waals surface area (Å²) in [5.41, 5.74) is 5.88. The third kappa shape index (κ3) is 3.94. The van der Waals surface area contributed by atoms with Crippen molar-refractivity contribution in [1.29, 1.82) is 0 Å². The Hall–Kier alpha value is -3.64. The lowest BCUT2D eigenvalue weighted by molar-refractivity contribution is 0.193. The van der Waals surface area contributed by atoms with E-state index in [2.05, 4.69) is 10.3 Å². The van der Waals surface area contributed by atoms with Crippen LogP contribution in [0.2, 0.25) is 5.02 Å². The number of benzene rings is 3. The number of ether oxygens (including phenoxy) is 2. The molecule has 0 unspecified atom stereocenters. The lowest BCUT2D eigenvalue weighted by atomic mass is 9.92. The molecular formula is C27H26ClN3O3. The van der Waals surface area contributed by atoms with E-state index >= 15 is 0 Å². The molecule has 7 heteroatoms. The van der Waals surface area contributed by atoms with E-state index in [-0.39, 0.29) is 12.1 Å². The zero-order valence-corrected chi connectivity index (χ0v) is 20.1. The first-order valence-corrected chi connectivity index (χ1v) is 11.5. The number of anilines is 1. The molecule has 6 nitrogen and oxygen atoms in total. The minimum Gasteiger partial charge on any atom is -0.497 e. The number of halogens is 1. The van der Waals surface area contributed by atoms with Crippen LogP contribution in [0.25, 0.3) is 10.9 Å². The van der Waals surface area contributed by atoms with Crippen LogP contribution in [-0.2, 0) is 6.42 Å². The van der Waals surface area contributed by atoms with Gasteiger partial charge in [-0.15, -0.1) is 0 Å². The zero-order chi connectivity index (χ0) is 23.8. The third-order valence-corrected chi connectivity index (χ3v) is 6.61. The molecule has 1 aromatic heterocycles. The fraction of sp³-hybridized carbons (Fsp3) is 0.222. The highest BCUT2D eigenvalue weighted by atomic mass is 35.5. The van der Waals surface area contributed by atoms with Crippen LogP contribution in [0.4, 0.5) is 10.5 Å². The van der Waals surface area contributed by atoms with Crippen molar-refractivity contribution in [1.82, 2.24) is 9.88 Å². The zero-order valence-electron chi connectivity index (χ0n) is 19.3. The van der Waals surface area contributed by atoms with Gasteiger partial charge in [0.15, 0.2) is 0 Å². The van der Waals surface area contributed by atoms with Crippen molar-refractivity contribution < 1.29 is 14.3 Å². The fourth-order valence-electron chi connectivity index (χ4n) is 4.72. The Kier molecular flexibility index (Phi) is 5.84. The maximum atomic E-state index is 13.6. The standard InChI is InChI=1S/C27H26ClN3O3/c1-16-4-11-24(34-3)23(14-16)30-27(32)31-13-12-20-21-15-18(28)7-10-22(21)29-25(20)26(31)17-5-8-19(33-2)9-6-17/h4-11,14-15,26,29H,12-13H2,1-3H3,(H,30,32)/t26-/m0/s1. The van der Waals surface area contributed by atoms with Crippen LogP contribution >= 0.6 is 11.6 Å². The smallest absolute Gasteiger partial charge is 0.322 e. The molecule has 0 fully saturated rings. The number of urea groups is 1. The molecule has 1 aliphatic heterocycles. The molecule has 2 N–H and O–H groups in total. The second kappa shape index (κ2) is 8.95. The number of hydrogen-bond acceptors (Lipinski definition) is 3. The van der Waals surface area contributed by atoms with E-state index in [0.29, 0.717) is 23.0 Å². The average Bonchev–Trinajstić information content (AvgIpc) is 3.21. The Morgan fingerprint density at radius 2 is 1.85 bits per heavy atom. The van der Waals surface area contributed by atoms with Gasteiger partial charge in [0.25, 0.3) is 0 Å². The van der Waals surface area contributed by atoms with Crippen LogP contribution in [0, 0.1) is 6.92 Å². The van der Waals surface area contributed by atoms with Crippen LogP contribution in [0.3, 0.4) is 0 Å². The molecule has 4 aromatic rings. The largest absolute Gasteiger partial charge is 0.497 e. The predicted octanol–water partition coefficient (Wildman–Crippen LogP) is 6.33. The second-order valence-electron chi connectivity index (χ2n) is 8.46. The Morgan fingerprint density at radius 1 is 1.06 bits per heavy atom. The lowest BCUT2D eigenvalue weighted by Gasteiger charge is -2.36.